The van der Waals surface area contributed by atoms with Crippen LogP contribution in [0.1, 0.15) is 23.6 Å². The second-order valence-corrected chi connectivity index (χ2v) is 7.32. The lowest BCUT2D eigenvalue weighted by Gasteiger charge is -2.06. The summed E-state index contributed by atoms with van der Waals surface area (Å²) in [5.41, 5.74) is 2.35. The summed E-state index contributed by atoms with van der Waals surface area (Å²) >= 11 is 6.30. The van der Waals surface area contributed by atoms with Crippen molar-refractivity contribution in [1.29, 1.82) is 0 Å². The SMILES string of the molecule is CCc1ccc(/C=N/N2C(=O)/C(=C\c3ccccc3[N+](=O)[O-])SC2=S)cc1. The van der Waals surface area contributed by atoms with Crippen LogP contribution in [0.25, 0.3) is 6.08 Å². The number of thioether (sulfide) groups is 1. The first-order valence-electron chi connectivity index (χ1n) is 8.14. The van der Waals surface area contributed by atoms with Crippen LogP contribution in [0.2, 0.25) is 0 Å². The van der Waals surface area contributed by atoms with Crippen molar-refractivity contribution in [2.45, 2.75) is 13.3 Å². The summed E-state index contributed by atoms with van der Waals surface area (Å²) in [6.07, 6.45) is 3.99. The summed E-state index contributed by atoms with van der Waals surface area (Å²) in [4.78, 5) is 23.5. The van der Waals surface area contributed by atoms with E-state index < -0.39 is 10.8 Å². The molecule has 0 bridgehead atoms. The molecule has 0 spiro atoms. The molecule has 0 unspecified atom stereocenters. The maximum absolute atomic E-state index is 12.6. The number of benzene rings is 2. The van der Waals surface area contributed by atoms with E-state index >= 15 is 0 Å². The van der Waals surface area contributed by atoms with Crippen molar-refractivity contribution in [3.8, 4) is 0 Å². The van der Waals surface area contributed by atoms with Crippen LogP contribution in [-0.4, -0.2) is 26.4 Å². The van der Waals surface area contributed by atoms with Gasteiger partial charge in [-0.1, -0.05) is 55.1 Å². The third kappa shape index (κ3) is 4.29. The third-order valence-corrected chi connectivity index (χ3v) is 5.19. The Bertz CT molecular complexity index is 968. The Hall–Kier alpha value is -2.84. The van der Waals surface area contributed by atoms with Crippen molar-refractivity contribution in [3.63, 3.8) is 0 Å². The summed E-state index contributed by atoms with van der Waals surface area (Å²) in [5, 5.41) is 16.5. The van der Waals surface area contributed by atoms with Crippen molar-refractivity contribution in [2.24, 2.45) is 5.10 Å². The predicted octanol–water partition coefficient (Wildman–Crippen LogP) is 4.39. The van der Waals surface area contributed by atoms with Gasteiger partial charge in [-0.2, -0.15) is 10.1 Å². The number of thiocarbonyl (C=S) groups is 1. The van der Waals surface area contributed by atoms with Crippen LogP contribution in [0.15, 0.2) is 58.5 Å². The molecule has 2 aromatic carbocycles. The summed E-state index contributed by atoms with van der Waals surface area (Å²) < 4.78 is 0.284. The third-order valence-electron chi connectivity index (χ3n) is 3.90. The molecule has 0 aromatic heterocycles. The van der Waals surface area contributed by atoms with Crippen molar-refractivity contribution in [3.05, 3.63) is 80.2 Å². The van der Waals surface area contributed by atoms with Crippen LogP contribution in [0, 0.1) is 10.1 Å². The lowest BCUT2D eigenvalue weighted by atomic mass is 10.1. The minimum Gasteiger partial charge on any atom is -0.266 e. The number of nitro benzene ring substituents is 1. The highest BCUT2D eigenvalue weighted by Gasteiger charge is 2.32. The Kier molecular flexibility index (Phi) is 5.78. The van der Waals surface area contributed by atoms with Gasteiger partial charge in [0.15, 0.2) is 4.32 Å². The van der Waals surface area contributed by atoms with Gasteiger partial charge in [0, 0.05) is 6.07 Å². The lowest BCUT2D eigenvalue weighted by molar-refractivity contribution is -0.385. The molecule has 8 heteroatoms. The number of hydrazone groups is 1. The molecule has 6 nitrogen and oxygen atoms in total. The van der Waals surface area contributed by atoms with Crippen LogP contribution in [-0.2, 0) is 11.2 Å². The minimum absolute atomic E-state index is 0.0673. The zero-order chi connectivity index (χ0) is 19.4. The van der Waals surface area contributed by atoms with Gasteiger partial charge < -0.3 is 0 Å². The Balaban J connectivity index is 1.82. The Labute approximate surface area is 165 Å². The van der Waals surface area contributed by atoms with Crippen molar-refractivity contribution in [2.75, 3.05) is 0 Å². The smallest absolute Gasteiger partial charge is 0.266 e. The van der Waals surface area contributed by atoms with Crippen LogP contribution < -0.4 is 0 Å². The van der Waals surface area contributed by atoms with Gasteiger partial charge in [-0.15, -0.1) is 0 Å². The zero-order valence-corrected chi connectivity index (χ0v) is 16.0. The number of aryl methyl sites for hydroxylation is 1. The molecule has 27 heavy (non-hydrogen) atoms. The average molecular weight is 397 g/mol. The number of hydrogen-bond donors (Lipinski definition) is 0. The van der Waals surface area contributed by atoms with Crippen LogP contribution in [0.4, 0.5) is 5.69 Å². The highest BCUT2D eigenvalue weighted by Crippen LogP contribution is 2.34. The van der Waals surface area contributed by atoms with Gasteiger partial charge in [-0.3, -0.25) is 14.9 Å². The molecular formula is C19H15N3O3S2. The first-order chi connectivity index (χ1) is 13.0. The molecule has 1 aliphatic rings. The maximum atomic E-state index is 12.6. The number of carbonyl (C=O) groups excluding carboxylic acids is 1. The Morgan fingerprint density at radius 3 is 2.59 bits per heavy atom. The molecule has 0 radical (unpaired) electrons. The first-order valence-corrected chi connectivity index (χ1v) is 9.36. The van der Waals surface area contributed by atoms with E-state index in [2.05, 4.69) is 12.0 Å². The van der Waals surface area contributed by atoms with E-state index in [1.165, 1.54) is 17.7 Å². The van der Waals surface area contributed by atoms with Crippen LogP contribution in [0.3, 0.4) is 0 Å². The van der Waals surface area contributed by atoms with E-state index in [9.17, 15) is 14.9 Å². The molecule has 1 aliphatic heterocycles. The van der Waals surface area contributed by atoms with Crippen molar-refractivity contribution in [1.82, 2.24) is 5.01 Å². The molecule has 1 fully saturated rings. The number of nitro groups is 1. The normalized spacial score (nSPS) is 15.9. The van der Waals surface area contributed by atoms with E-state index in [0.717, 1.165) is 28.8 Å². The van der Waals surface area contributed by atoms with E-state index in [0.29, 0.717) is 10.5 Å². The fourth-order valence-corrected chi connectivity index (χ4v) is 3.60. The standard InChI is InChI=1S/C19H15N3O3S2/c1-2-13-7-9-14(10-8-13)12-20-21-18(23)17(27-19(21)26)11-15-5-3-4-6-16(15)22(24)25/h3-12H,2H2,1H3/b17-11+,20-12+. The Morgan fingerprint density at radius 1 is 1.22 bits per heavy atom. The van der Waals surface area contributed by atoms with Crippen LogP contribution in [0.5, 0.6) is 0 Å². The summed E-state index contributed by atoms with van der Waals surface area (Å²) in [6.45, 7) is 2.08. The van der Waals surface area contributed by atoms with Gasteiger partial charge in [0.05, 0.1) is 21.6 Å². The quantitative estimate of drug-likeness (QED) is 0.246. The zero-order valence-electron chi connectivity index (χ0n) is 14.4. The molecule has 1 saturated heterocycles. The Morgan fingerprint density at radius 2 is 1.93 bits per heavy atom. The van der Waals surface area contributed by atoms with Gasteiger partial charge in [-0.05, 0) is 41.9 Å². The second-order valence-electron chi connectivity index (χ2n) is 5.65. The van der Waals surface area contributed by atoms with Crippen LogP contribution >= 0.6 is 24.0 Å². The number of carbonyl (C=O) groups is 1. The van der Waals surface area contributed by atoms with Crippen molar-refractivity contribution < 1.29 is 9.72 Å². The monoisotopic (exact) mass is 397 g/mol. The number of amides is 1. The highest BCUT2D eigenvalue weighted by molar-refractivity contribution is 8.26. The summed E-state index contributed by atoms with van der Waals surface area (Å²) in [5.74, 6) is -0.399. The highest BCUT2D eigenvalue weighted by atomic mass is 32.2. The molecule has 0 aliphatic carbocycles. The molecule has 1 amide bonds. The molecule has 3 rings (SSSR count). The van der Waals surface area contributed by atoms with Gasteiger partial charge in [0.1, 0.15) is 0 Å². The van der Waals surface area contributed by atoms with Gasteiger partial charge in [-0.25, -0.2) is 0 Å². The molecule has 0 atom stereocenters. The first kappa shape index (κ1) is 18.9. The molecular weight excluding hydrogens is 382 g/mol. The number of hydrogen-bond acceptors (Lipinski definition) is 6. The van der Waals surface area contributed by atoms with E-state index in [-0.39, 0.29) is 10.0 Å². The topological polar surface area (TPSA) is 75.8 Å². The van der Waals surface area contributed by atoms with Crippen molar-refractivity contribution >= 4 is 52.2 Å². The predicted molar refractivity (Wildman–Crippen MR) is 112 cm³/mol. The second kappa shape index (κ2) is 8.24. The fourth-order valence-electron chi connectivity index (χ4n) is 2.44. The van der Waals surface area contributed by atoms with E-state index in [1.54, 1.807) is 24.4 Å². The number of rotatable bonds is 5. The number of nitrogens with zero attached hydrogens (tertiary/aromatic N) is 3. The summed E-state index contributed by atoms with van der Waals surface area (Å²) in [6, 6.07) is 14.1. The lowest BCUT2D eigenvalue weighted by Crippen LogP contribution is -2.22. The minimum atomic E-state index is -0.481. The largest absolute Gasteiger partial charge is 0.286 e. The van der Waals surface area contributed by atoms with Gasteiger partial charge >= 0.3 is 0 Å². The molecule has 2 aromatic rings. The summed E-state index contributed by atoms with van der Waals surface area (Å²) in [7, 11) is 0. The molecule has 0 N–H and O–H groups in total. The maximum Gasteiger partial charge on any atom is 0.286 e. The van der Waals surface area contributed by atoms with E-state index in [1.807, 2.05) is 24.3 Å². The average Bonchev–Trinajstić information content (AvgIpc) is 2.94. The van der Waals surface area contributed by atoms with E-state index in [4.69, 9.17) is 12.2 Å². The number of para-hydroxylation sites is 1. The van der Waals surface area contributed by atoms with Gasteiger partial charge in [0.2, 0.25) is 0 Å². The molecule has 1 heterocycles. The van der Waals surface area contributed by atoms with Gasteiger partial charge in [0.25, 0.3) is 11.6 Å². The molecule has 0 saturated carbocycles. The fraction of sp³-hybridized carbons (Fsp3) is 0.105. The molecule has 136 valence electrons.